The van der Waals surface area contributed by atoms with Crippen LogP contribution in [0.15, 0.2) is 54.7 Å². The molecule has 0 saturated carbocycles. The highest BCUT2D eigenvalue weighted by Crippen LogP contribution is 2.35. The first kappa shape index (κ1) is 23.0. The molecule has 8 nitrogen and oxygen atoms in total. The lowest BCUT2D eigenvalue weighted by atomic mass is 10.1. The maximum atomic E-state index is 13.2. The van der Waals surface area contributed by atoms with Crippen molar-refractivity contribution in [3.05, 3.63) is 65.3 Å². The average Bonchev–Trinajstić information content (AvgIpc) is 3.29. The summed E-state index contributed by atoms with van der Waals surface area (Å²) in [5.74, 6) is 1.46. The fraction of sp³-hybridized carbons (Fsp3) is 0.269. The van der Waals surface area contributed by atoms with Crippen LogP contribution >= 0.6 is 11.6 Å². The number of ether oxygens (including phenoxy) is 3. The molecule has 0 spiro atoms. The Kier molecular flexibility index (Phi) is 6.46. The van der Waals surface area contributed by atoms with Gasteiger partial charge in [-0.1, -0.05) is 23.7 Å². The minimum atomic E-state index is -0.218. The number of carbonyl (C=O) groups excluding carboxylic acids is 2. The normalized spacial score (nSPS) is 15.1. The van der Waals surface area contributed by atoms with E-state index in [-0.39, 0.29) is 18.5 Å². The van der Waals surface area contributed by atoms with Crippen molar-refractivity contribution in [3.8, 4) is 28.5 Å². The van der Waals surface area contributed by atoms with E-state index >= 15 is 0 Å². The first-order valence-corrected chi connectivity index (χ1v) is 11.7. The van der Waals surface area contributed by atoms with Crippen LogP contribution < -0.4 is 19.1 Å². The number of pyridine rings is 1. The Morgan fingerprint density at radius 3 is 2.66 bits per heavy atom. The van der Waals surface area contributed by atoms with Crippen molar-refractivity contribution in [2.45, 2.75) is 12.8 Å². The smallest absolute Gasteiger partial charge is 0.266 e. The Balaban J connectivity index is 1.30. The number of anilines is 1. The number of carbonyl (C=O) groups is 2. The van der Waals surface area contributed by atoms with Gasteiger partial charge in [-0.25, -0.2) is 0 Å². The van der Waals surface area contributed by atoms with Gasteiger partial charge >= 0.3 is 0 Å². The molecule has 0 radical (unpaired) electrons. The van der Waals surface area contributed by atoms with Gasteiger partial charge in [0.15, 0.2) is 18.2 Å². The second-order valence-electron chi connectivity index (χ2n) is 8.25. The number of halogens is 1. The van der Waals surface area contributed by atoms with Crippen molar-refractivity contribution in [1.29, 1.82) is 0 Å². The van der Waals surface area contributed by atoms with E-state index in [0.29, 0.717) is 58.8 Å². The minimum absolute atomic E-state index is 0.0519. The van der Waals surface area contributed by atoms with E-state index in [9.17, 15) is 9.59 Å². The van der Waals surface area contributed by atoms with Gasteiger partial charge in [-0.2, -0.15) is 0 Å². The molecule has 3 aromatic rings. The molecule has 35 heavy (non-hydrogen) atoms. The quantitative estimate of drug-likeness (QED) is 0.485. The first-order valence-electron chi connectivity index (χ1n) is 11.3. The monoisotopic (exact) mass is 493 g/mol. The molecule has 0 bridgehead atoms. The van der Waals surface area contributed by atoms with Crippen molar-refractivity contribution in [2.75, 3.05) is 38.4 Å². The number of likely N-dealkylation sites (tertiary alicyclic amines) is 1. The van der Waals surface area contributed by atoms with Gasteiger partial charge in [-0.05, 0) is 30.7 Å². The number of nitrogens with zero attached hydrogens (tertiary/aromatic N) is 3. The van der Waals surface area contributed by atoms with Gasteiger partial charge in [0, 0.05) is 41.9 Å². The SMILES string of the molecule is COc1cc(N2COc3cc(-c4ccc(Cl)cc4)ncc3C2=O)ccc1OCCN1CCCC1=O. The van der Waals surface area contributed by atoms with Crippen LogP contribution in [0, 0.1) is 0 Å². The van der Waals surface area contributed by atoms with Crippen LogP contribution in [-0.4, -0.2) is 55.2 Å². The Bertz CT molecular complexity index is 1260. The van der Waals surface area contributed by atoms with Crippen LogP contribution in [0.25, 0.3) is 11.3 Å². The van der Waals surface area contributed by atoms with Crippen LogP contribution in [0.2, 0.25) is 5.02 Å². The largest absolute Gasteiger partial charge is 0.493 e. The summed E-state index contributed by atoms with van der Waals surface area (Å²) in [5.41, 5.74) is 2.57. The molecule has 2 aliphatic rings. The highest BCUT2D eigenvalue weighted by atomic mass is 35.5. The third-order valence-electron chi connectivity index (χ3n) is 6.08. The van der Waals surface area contributed by atoms with E-state index in [0.717, 1.165) is 18.5 Å². The second-order valence-corrected chi connectivity index (χ2v) is 8.68. The molecule has 0 aliphatic carbocycles. The molecule has 0 unspecified atom stereocenters. The van der Waals surface area contributed by atoms with Crippen molar-refractivity contribution >= 4 is 29.1 Å². The maximum Gasteiger partial charge on any atom is 0.266 e. The van der Waals surface area contributed by atoms with Crippen LogP contribution in [0.5, 0.6) is 17.2 Å². The summed E-state index contributed by atoms with van der Waals surface area (Å²) in [6.45, 7) is 1.72. The van der Waals surface area contributed by atoms with E-state index in [2.05, 4.69) is 4.98 Å². The number of hydrogen-bond donors (Lipinski definition) is 0. The molecule has 5 rings (SSSR count). The zero-order valence-electron chi connectivity index (χ0n) is 19.2. The fourth-order valence-corrected chi connectivity index (χ4v) is 4.30. The lowest BCUT2D eigenvalue weighted by Gasteiger charge is -2.29. The molecule has 2 amide bonds. The molecule has 3 heterocycles. The Labute approximate surface area is 208 Å². The topological polar surface area (TPSA) is 81.2 Å². The van der Waals surface area contributed by atoms with Gasteiger partial charge in [-0.3, -0.25) is 19.5 Å². The number of benzene rings is 2. The molecule has 1 saturated heterocycles. The highest BCUT2D eigenvalue weighted by Gasteiger charge is 2.28. The lowest BCUT2D eigenvalue weighted by Crippen LogP contribution is -2.38. The van der Waals surface area contributed by atoms with E-state index in [1.807, 2.05) is 12.1 Å². The van der Waals surface area contributed by atoms with Gasteiger partial charge in [0.25, 0.3) is 5.91 Å². The van der Waals surface area contributed by atoms with Crippen molar-refractivity contribution in [3.63, 3.8) is 0 Å². The summed E-state index contributed by atoms with van der Waals surface area (Å²) >= 11 is 5.97. The molecule has 1 aromatic heterocycles. The average molecular weight is 494 g/mol. The summed E-state index contributed by atoms with van der Waals surface area (Å²) in [6, 6.07) is 14.3. The summed E-state index contributed by atoms with van der Waals surface area (Å²) in [6.07, 6.45) is 3.02. The Hall–Kier alpha value is -3.78. The third-order valence-corrected chi connectivity index (χ3v) is 6.33. The van der Waals surface area contributed by atoms with E-state index in [1.165, 1.54) is 11.1 Å². The number of fused-ring (bicyclic) bond motifs is 1. The summed E-state index contributed by atoms with van der Waals surface area (Å²) in [5, 5.41) is 0.641. The molecule has 0 N–H and O–H groups in total. The molecular formula is C26H24ClN3O5. The maximum absolute atomic E-state index is 13.2. The van der Waals surface area contributed by atoms with Gasteiger partial charge in [-0.15, -0.1) is 0 Å². The van der Waals surface area contributed by atoms with Crippen molar-refractivity contribution < 1.29 is 23.8 Å². The van der Waals surface area contributed by atoms with Crippen LogP contribution in [0.1, 0.15) is 23.2 Å². The molecular weight excluding hydrogens is 470 g/mol. The highest BCUT2D eigenvalue weighted by molar-refractivity contribution is 6.30. The van der Waals surface area contributed by atoms with Gasteiger partial charge in [0.1, 0.15) is 17.9 Å². The number of amides is 2. The van der Waals surface area contributed by atoms with Gasteiger partial charge in [0.05, 0.1) is 25.0 Å². The predicted octanol–water partition coefficient (Wildman–Crippen LogP) is 4.41. The molecule has 2 aromatic carbocycles. The molecule has 180 valence electrons. The summed E-state index contributed by atoms with van der Waals surface area (Å²) in [4.78, 5) is 32.8. The molecule has 1 fully saturated rings. The van der Waals surface area contributed by atoms with Gasteiger partial charge < -0.3 is 19.1 Å². The number of hydrogen-bond acceptors (Lipinski definition) is 6. The molecule has 0 atom stereocenters. The van der Waals surface area contributed by atoms with Crippen molar-refractivity contribution in [2.24, 2.45) is 0 Å². The zero-order valence-corrected chi connectivity index (χ0v) is 20.0. The summed E-state index contributed by atoms with van der Waals surface area (Å²) < 4.78 is 17.3. The number of rotatable bonds is 7. The Morgan fingerprint density at radius 2 is 1.91 bits per heavy atom. The first-order chi connectivity index (χ1) is 17.0. The Morgan fingerprint density at radius 1 is 1.09 bits per heavy atom. The second kappa shape index (κ2) is 9.84. The van der Waals surface area contributed by atoms with Crippen LogP contribution in [0.4, 0.5) is 5.69 Å². The fourth-order valence-electron chi connectivity index (χ4n) is 4.18. The van der Waals surface area contributed by atoms with Crippen LogP contribution in [0.3, 0.4) is 0 Å². The zero-order chi connectivity index (χ0) is 24.4. The van der Waals surface area contributed by atoms with Crippen molar-refractivity contribution in [1.82, 2.24) is 9.88 Å². The van der Waals surface area contributed by atoms with E-state index in [1.54, 1.807) is 48.4 Å². The van der Waals surface area contributed by atoms with Gasteiger partial charge in [0.2, 0.25) is 5.91 Å². The van der Waals surface area contributed by atoms with E-state index < -0.39 is 0 Å². The van der Waals surface area contributed by atoms with Crippen LogP contribution in [-0.2, 0) is 4.79 Å². The minimum Gasteiger partial charge on any atom is -0.493 e. The number of methoxy groups -OCH3 is 1. The van der Waals surface area contributed by atoms with E-state index in [4.69, 9.17) is 25.8 Å². The summed E-state index contributed by atoms with van der Waals surface area (Å²) in [7, 11) is 1.54. The number of aromatic nitrogens is 1. The third kappa shape index (κ3) is 4.74. The lowest BCUT2D eigenvalue weighted by molar-refractivity contribution is -0.128. The predicted molar refractivity (Wildman–Crippen MR) is 131 cm³/mol. The molecule has 2 aliphatic heterocycles. The molecule has 9 heteroatoms. The standard InChI is InChI=1S/C26H24ClN3O5/c1-33-24-13-19(8-9-22(24)34-12-11-29-10-2-3-25(29)31)30-16-35-23-14-21(28-15-20(23)26(30)32)17-4-6-18(27)7-5-17/h4-9,13-15H,2-3,10-12,16H2,1H3.